The molecule has 6 nitrogen and oxygen atoms in total. The van der Waals surface area contributed by atoms with Crippen molar-refractivity contribution in [2.75, 3.05) is 6.54 Å². The zero-order valence-corrected chi connectivity index (χ0v) is 18.8. The number of amides is 1. The second-order valence-electron chi connectivity index (χ2n) is 9.35. The van der Waals surface area contributed by atoms with Gasteiger partial charge in [0.2, 0.25) is 0 Å². The zero-order valence-electron chi connectivity index (χ0n) is 18.8. The summed E-state index contributed by atoms with van der Waals surface area (Å²) in [5.41, 5.74) is -0.312. The molecule has 1 N–H and O–H groups in total. The Kier molecular flexibility index (Phi) is 7.00. The van der Waals surface area contributed by atoms with Crippen LogP contribution in [0.15, 0.2) is 23.7 Å². The monoisotopic (exact) mass is 416 g/mol. The van der Waals surface area contributed by atoms with Gasteiger partial charge in [0.15, 0.2) is 0 Å². The molecule has 0 aromatic heterocycles. The minimum absolute atomic E-state index is 0.0493. The van der Waals surface area contributed by atoms with Crippen molar-refractivity contribution in [2.24, 2.45) is 0 Å². The lowest BCUT2D eigenvalue weighted by molar-refractivity contribution is 0.00578. The van der Waals surface area contributed by atoms with Gasteiger partial charge in [0.05, 0.1) is 23.7 Å². The number of hydrogen-bond donors (Lipinski definition) is 1. The van der Waals surface area contributed by atoms with Crippen molar-refractivity contribution in [3.63, 3.8) is 0 Å². The van der Waals surface area contributed by atoms with Crippen LogP contribution in [0.5, 0.6) is 0 Å². The van der Waals surface area contributed by atoms with Crippen LogP contribution >= 0.6 is 0 Å². The molecule has 1 amide bonds. The summed E-state index contributed by atoms with van der Waals surface area (Å²) in [6.45, 7) is 13.0. The highest BCUT2D eigenvalue weighted by atomic mass is 19.1. The van der Waals surface area contributed by atoms with Gasteiger partial charge in [-0.05, 0) is 71.6 Å². The van der Waals surface area contributed by atoms with Crippen molar-refractivity contribution in [3.8, 4) is 6.07 Å². The lowest BCUT2D eigenvalue weighted by Crippen LogP contribution is -2.41. The van der Waals surface area contributed by atoms with E-state index < -0.39 is 35.8 Å². The third-order valence-electron chi connectivity index (χ3n) is 5.08. The molecule has 0 aliphatic carbocycles. The highest BCUT2D eigenvalue weighted by Gasteiger charge is 2.52. The minimum atomic E-state index is -0.774. The number of nitriles is 1. The van der Waals surface area contributed by atoms with E-state index in [0.717, 1.165) is 0 Å². The predicted octanol–water partition coefficient (Wildman–Crippen LogP) is 4.43. The molecular weight excluding hydrogens is 386 g/mol. The maximum Gasteiger partial charge on any atom is 0.492 e. The van der Waals surface area contributed by atoms with E-state index in [9.17, 15) is 9.18 Å². The van der Waals surface area contributed by atoms with Gasteiger partial charge in [-0.2, -0.15) is 5.26 Å². The first-order chi connectivity index (χ1) is 13.7. The first-order valence-corrected chi connectivity index (χ1v) is 9.92. The average Bonchev–Trinajstić information content (AvgIpc) is 2.80. The maximum absolute atomic E-state index is 14.5. The summed E-state index contributed by atoms with van der Waals surface area (Å²) in [4.78, 5) is 12.1. The van der Waals surface area contributed by atoms with E-state index in [1.807, 2.05) is 27.7 Å². The topological polar surface area (TPSA) is 80.6 Å². The van der Waals surface area contributed by atoms with Gasteiger partial charge in [0, 0.05) is 12.1 Å². The lowest BCUT2D eigenvalue weighted by atomic mass is 9.77. The number of nitrogens with one attached hydrogen (secondary N) is 1. The highest BCUT2D eigenvalue weighted by molar-refractivity contribution is 6.56. The molecule has 1 fully saturated rings. The molecule has 30 heavy (non-hydrogen) atoms. The zero-order chi connectivity index (χ0) is 22.7. The number of carbonyl (C=O) groups is 1. The number of alkyl carbamates (subject to hydrolysis) is 1. The van der Waals surface area contributed by atoms with Crippen LogP contribution in [0.3, 0.4) is 0 Å². The van der Waals surface area contributed by atoms with E-state index in [0.29, 0.717) is 16.6 Å². The summed E-state index contributed by atoms with van der Waals surface area (Å²) >= 11 is 0. The third-order valence-corrected chi connectivity index (χ3v) is 5.08. The van der Waals surface area contributed by atoms with Crippen molar-refractivity contribution >= 4 is 19.3 Å². The normalized spacial score (nSPS) is 18.1. The predicted molar refractivity (Wildman–Crippen MR) is 114 cm³/mol. The lowest BCUT2D eigenvalue weighted by Gasteiger charge is -2.32. The van der Waals surface area contributed by atoms with Gasteiger partial charge in [0.25, 0.3) is 0 Å². The van der Waals surface area contributed by atoms with Crippen molar-refractivity contribution in [1.82, 2.24) is 5.32 Å². The van der Waals surface area contributed by atoms with Crippen LogP contribution in [0.2, 0.25) is 0 Å². The van der Waals surface area contributed by atoms with Crippen LogP contribution in [0, 0.1) is 17.1 Å². The van der Waals surface area contributed by atoms with Crippen molar-refractivity contribution < 1.29 is 23.2 Å². The van der Waals surface area contributed by atoms with E-state index >= 15 is 0 Å². The molecule has 2 rings (SSSR count). The molecule has 0 unspecified atom stereocenters. The van der Waals surface area contributed by atoms with Crippen LogP contribution < -0.4 is 5.32 Å². The van der Waals surface area contributed by atoms with Gasteiger partial charge in [-0.15, -0.1) is 0 Å². The Morgan fingerprint density at radius 2 is 1.87 bits per heavy atom. The number of carbonyl (C=O) groups excluding carboxylic acids is 1. The Morgan fingerprint density at radius 1 is 1.27 bits per heavy atom. The van der Waals surface area contributed by atoms with E-state index in [1.54, 1.807) is 39.0 Å². The summed E-state index contributed by atoms with van der Waals surface area (Å²) in [6.07, 6.45) is 1.17. The number of ether oxygens (including phenoxy) is 1. The summed E-state index contributed by atoms with van der Waals surface area (Å²) < 4.78 is 31.9. The number of benzene rings is 1. The smallest absolute Gasteiger partial charge is 0.444 e. The van der Waals surface area contributed by atoms with Gasteiger partial charge in [0.1, 0.15) is 11.4 Å². The van der Waals surface area contributed by atoms with Crippen molar-refractivity contribution in [1.29, 1.82) is 5.26 Å². The molecule has 1 aromatic rings. The van der Waals surface area contributed by atoms with Crippen LogP contribution in [0.1, 0.15) is 59.6 Å². The Labute approximate surface area is 178 Å². The number of rotatable bonds is 5. The van der Waals surface area contributed by atoms with Crippen LogP contribution in [-0.4, -0.2) is 36.6 Å². The van der Waals surface area contributed by atoms with E-state index in [1.165, 1.54) is 6.07 Å². The van der Waals surface area contributed by atoms with Gasteiger partial charge in [-0.3, -0.25) is 0 Å². The van der Waals surface area contributed by atoms with E-state index in [2.05, 4.69) is 11.4 Å². The van der Waals surface area contributed by atoms with Crippen molar-refractivity contribution in [3.05, 3.63) is 40.6 Å². The molecule has 1 aromatic carbocycles. The molecule has 0 saturated carbocycles. The molecule has 0 atom stereocenters. The minimum Gasteiger partial charge on any atom is -0.444 e. The molecule has 1 heterocycles. The average molecular weight is 416 g/mol. The SMILES string of the molecule is CC(C)(C)OC(=O)NCC(=Cc1cc(CC#N)ccc1F)B1OC(C)(C)C(C)(C)O1. The first-order valence-electron chi connectivity index (χ1n) is 9.92. The van der Waals surface area contributed by atoms with Gasteiger partial charge in [-0.1, -0.05) is 12.1 Å². The second-order valence-corrected chi connectivity index (χ2v) is 9.35. The Hall–Kier alpha value is -2.37. The molecule has 1 aliphatic heterocycles. The summed E-state index contributed by atoms with van der Waals surface area (Å²) in [6, 6.07) is 6.56. The molecular formula is C22H30BFN2O4. The molecule has 8 heteroatoms. The van der Waals surface area contributed by atoms with Crippen LogP contribution in [-0.2, 0) is 20.5 Å². The molecule has 1 saturated heterocycles. The quantitative estimate of drug-likeness (QED) is 0.719. The molecule has 1 aliphatic rings. The van der Waals surface area contributed by atoms with Crippen molar-refractivity contribution in [2.45, 2.75) is 71.7 Å². The Balaban J connectivity index is 2.35. The Bertz CT molecular complexity index is 853. The molecule has 162 valence electrons. The van der Waals surface area contributed by atoms with Crippen LogP contribution in [0.25, 0.3) is 6.08 Å². The number of nitrogens with zero attached hydrogens (tertiary/aromatic N) is 1. The largest absolute Gasteiger partial charge is 0.492 e. The molecule has 0 bridgehead atoms. The standard InChI is InChI=1S/C22H30BFN2O4/c1-20(2,3)28-19(27)26-14-17(23-29-21(4,5)22(6,7)30-23)13-16-12-15(10-11-25)8-9-18(16)24/h8-9,12-13H,10,14H2,1-7H3,(H,26,27). The fraction of sp³-hybridized carbons (Fsp3) is 0.545. The van der Waals surface area contributed by atoms with Crippen LogP contribution in [0.4, 0.5) is 9.18 Å². The second kappa shape index (κ2) is 8.79. The van der Waals surface area contributed by atoms with Gasteiger partial charge in [-0.25, -0.2) is 9.18 Å². The fourth-order valence-corrected chi connectivity index (χ4v) is 2.79. The maximum atomic E-state index is 14.5. The van der Waals surface area contributed by atoms with Gasteiger partial charge >= 0.3 is 13.2 Å². The summed E-state index contributed by atoms with van der Waals surface area (Å²) in [5, 5.41) is 11.6. The third kappa shape index (κ3) is 6.07. The highest BCUT2D eigenvalue weighted by Crippen LogP contribution is 2.38. The number of hydrogen-bond acceptors (Lipinski definition) is 5. The number of halogens is 1. The molecule has 0 radical (unpaired) electrons. The summed E-state index contributed by atoms with van der Waals surface area (Å²) in [5.74, 6) is -0.442. The van der Waals surface area contributed by atoms with E-state index in [-0.39, 0.29) is 13.0 Å². The Morgan fingerprint density at radius 3 is 2.40 bits per heavy atom. The van der Waals surface area contributed by atoms with E-state index in [4.69, 9.17) is 19.3 Å². The van der Waals surface area contributed by atoms with Gasteiger partial charge < -0.3 is 19.4 Å². The fourth-order valence-electron chi connectivity index (χ4n) is 2.79. The first kappa shape index (κ1) is 23.9. The molecule has 0 spiro atoms. The summed E-state index contributed by atoms with van der Waals surface area (Å²) in [7, 11) is -0.774.